The molecule has 0 unspecified atom stereocenters. The Hall–Kier alpha value is -4.17. The Labute approximate surface area is 200 Å². The van der Waals surface area contributed by atoms with Gasteiger partial charge in [-0.3, -0.25) is 10.2 Å². The smallest absolute Gasteiger partial charge is 0.283 e. The van der Waals surface area contributed by atoms with E-state index < -0.39 is 5.91 Å². The van der Waals surface area contributed by atoms with Crippen LogP contribution in [0.15, 0.2) is 101 Å². The van der Waals surface area contributed by atoms with E-state index in [0.29, 0.717) is 34.7 Å². The summed E-state index contributed by atoms with van der Waals surface area (Å²) >= 11 is 1.28. The summed E-state index contributed by atoms with van der Waals surface area (Å²) in [7, 11) is 0. The van der Waals surface area contributed by atoms with Crippen molar-refractivity contribution in [2.24, 2.45) is 10.1 Å². The fourth-order valence-electron chi connectivity index (χ4n) is 3.40. The lowest BCUT2D eigenvalue weighted by atomic mass is 10.1. The number of carbonyl (C=O) groups excluding carboxylic acids is 1. The predicted octanol–water partition coefficient (Wildman–Crippen LogP) is 4.81. The molecule has 168 valence electrons. The molecule has 2 heterocycles. The second kappa shape index (κ2) is 9.76. The molecule has 0 saturated carbocycles. The van der Waals surface area contributed by atoms with E-state index in [1.807, 2.05) is 84.9 Å². The average Bonchev–Trinajstić information content (AvgIpc) is 3.30. The van der Waals surface area contributed by atoms with Gasteiger partial charge in [0.05, 0.1) is 5.57 Å². The van der Waals surface area contributed by atoms with Crippen molar-refractivity contribution in [3.8, 4) is 11.5 Å². The molecule has 0 saturated heterocycles. The van der Waals surface area contributed by atoms with E-state index in [1.54, 1.807) is 6.08 Å². The second-order valence-electron chi connectivity index (χ2n) is 7.34. The number of benzene rings is 3. The minimum Gasteiger partial charge on any atom is -0.490 e. The van der Waals surface area contributed by atoms with Gasteiger partial charge in [-0.2, -0.15) is 15.1 Å². The quantitative estimate of drug-likeness (QED) is 0.397. The van der Waals surface area contributed by atoms with Gasteiger partial charge in [0, 0.05) is 11.1 Å². The number of para-hydroxylation sites is 2. The van der Waals surface area contributed by atoms with Crippen LogP contribution in [0.4, 0.5) is 0 Å². The van der Waals surface area contributed by atoms with Crippen LogP contribution in [0.2, 0.25) is 0 Å². The number of amidine groups is 2. The van der Waals surface area contributed by atoms with Crippen LogP contribution in [0, 0.1) is 5.41 Å². The topological polar surface area (TPSA) is 87.3 Å². The summed E-state index contributed by atoms with van der Waals surface area (Å²) in [5.41, 5.74) is 1.74. The fourth-order valence-corrected chi connectivity index (χ4v) is 4.30. The van der Waals surface area contributed by atoms with Gasteiger partial charge in [0.15, 0.2) is 5.84 Å². The Kier molecular flexibility index (Phi) is 6.22. The van der Waals surface area contributed by atoms with Crippen molar-refractivity contribution in [1.29, 1.82) is 5.41 Å². The summed E-state index contributed by atoms with van der Waals surface area (Å²) in [5, 5.41) is 15.6. The SMILES string of the molecule is N=C1/C(=C/c2ccccc2OCCOc2ccccc2)C(=O)N=C2SC(c3ccccc3)=NN12. The monoisotopic (exact) mass is 468 g/mol. The zero-order valence-electron chi connectivity index (χ0n) is 18.0. The molecule has 1 amide bonds. The highest BCUT2D eigenvalue weighted by Crippen LogP contribution is 2.31. The Balaban J connectivity index is 1.32. The molecule has 2 aliphatic heterocycles. The third-order valence-electron chi connectivity index (χ3n) is 5.05. The molecule has 0 aromatic heterocycles. The first-order chi connectivity index (χ1) is 16.7. The van der Waals surface area contributed by atoms with Crippen LogP contribution in [0.25, 0.3) is 6.08 Å². The average molecular weight is 469 g/mol. The summed E-state index contributed by atoms with van der Waals surface area (Å²) in [5.74, 6) is 0.868. The van der Waals surface area contributed by atoms with E-state index in [-0.39, 0.29) is 11.4 Å². The summed E-state index contributed by atoms with van der Waals surface area (Å²) in [4.78, 5) is 16.9. The van der Waals surface area contributed by atoms with Gasteiger partial charge in [-0.15, -0.1) is 0 Å². The number of fused-ring (bicyclic) bond motifs is 1. The molecule has 0 radical (unpaired) electrons. The Bertz CT molecular complexity index is 1320. The maximum Gasteiger partial charge on any atom is 0.283 e. The number of carbonyl (C=O) groups is 1. The highest BCUT2D eigenvalue weighted by atomic mass is 32.2. The van der Waals surface area contributed by atoms with Gasteiger partial charge in [-0.05, 0) is 36.0 Å². The lowest BCUT2D eigenvalue weighted by Gasteiger charge is -2.20. The first-order valence-electron chi connectivity index (χ1n) is 10.6. The van der Waals surface area contributed by atoms with Crippen molar-refractivity contribution in [1.82, 2.24) is 5.01 Å². The molecular formula is C26H20N4O3S. The molecule has 0 aliphatic carbocycles. The van der Waals surface area contributed by atoms with E-state index in [9.17, 15) is 4.79 Å². The number of thioether (sulfide) groups is 1. The van der Waals surface area contributed by atoms with Gasteiger partial charge in [0.25, 0.3) is 5.91 Å². The van der Waals surface area contributed by atoms with Crippen molar-refractivity contribution in [2.45, 2.75) is 0 Å². The maximum absolute atomic E-state index is 12.8. The molecule has 1 N–H and O–H groups in total. The molecule has 0 atom stereocenters. The van der Waals surface area contributed by atoms with Crippen molar-refractivity contribution < 1.29 is 14.3 Å². The molecule has 0 fully saturated rings. The molecule has 3 aromatic rings. The Morgan fingerprint density at radius 1 is 0.882 bits per heavy atom. The number of hydrogen-bond donors (Lipinski definition) is 1. The van der Waals surface area contributed by atoms with E-state index in [0.717, 1.165) is 11.3 Å². The molecule has 3 aromatic carbocycles. The number of aliphatic imine (C=N–C) groups is 1. The van der Waals surface area contributed by atoms with Gasteiger partial charge < -0.3 is 9.47 Å². The van der Waals surface area contributed by atoms with Crippen LogP contribution in [0.3, 0.4) is 0 Å². The standard InChI is InChI=1S/C26H20N4O3S/c27-23-21(24(31)28-26-30(23)29-25(34-26)18-9-3-1-4-10-18)17-19-11-7-8-14-22(19)33-16-15-32-20-12-5-2-6-13-20/h1-14,17,27H,15-16H2/b21-17-,27-23?. The van der Waals surface area contributed by atoms with Gasteiger partial charge >= 0.3 is 0 Å². The number of ether oxygens (including phenoxy) is 2. The minimum atomic E-state index is -0.476. The maximum atomic E-state index is 12.8. The highest BCUT2D eigenvalue weighted by molar-refractivity contribution is 8.27. The van der Waals surface area contributed by atoms with Crippen molar-refractivity contribution in [2.75, 3.05) is 13.2 Å². The summed E-state index contributed by atoms with van der Waals surface area (Å²) in [6.07, 6.45) is 1.62. The predicted molar refractivity (Wildman–Crippen MR) is 134 cm³/mol. The summed E-state index contributed by atoms with van der Waals surface area (Å²) < 4.78 is 11.6. The van der Waals surface area contributed by atoms with Crippen LogP contribution in [0.5, 0.6) is 11.5 Å². The number of nitrogens with one attached hydrogen (secondary N) is 1. The van der Waals surface area contributed by atoms with Crippen LogP contribution in [-0.4, -0.2) is 40.2 Å². The van der Waals surface area contributed by atoms with Gasteiger partial charge in [0.2, 0.25) is 5.17 Å². The van der Waals surface area contributed by atoms with Crippen LogP contribution in [0.1, 0.15) is 11.1 Å². The van der Waals surface area contributed by atoms with Crippen molar-refractivity contribution >= 4 is 39.8 Å². The second-order valence-corrected chi connectivity index (χ2v) is 8.29. The molecule has 8 heteroatoms. The third kappa shape index (κ3) is 4.62. The zero-order valence-corrected chi connectivity index (χ0v) is 18.9. The molecule has 0 spiro atoms. The van der Waals surface area contributed by atoms with Gasteiger partial charge in [-0.25, -0.2) is 0 Å². The number of hydrogen-bond acceptors (Lipinski definition) is 6. The molecule has 7 nitrogen and oxygen atoms in total. The Morgan fingerprint density at radius 2 is 1.56 bits per heavy atom. The normalized spacial score (nSPS) is 16.2. The molecule has 5 rings (SSSR count). The lowest BCUT2D eigenvalue weighted by Crippen LogP contribution is -2.35. The third-order valence-corrected chi connectivity index (χ3v) is 6.00. The van der Waals surface area contributed by atoms with Gasteiger partial charge in [-0.1, -0.05) is 66.7 Å². The van der Waals surface area contributed by atoms with Gasteiger partial charge in [0.1, 0.15) is 29.8 Å². The van der Waals surface area contributed by atoms with Crippen molar-refractivity contribution in [3.63, 3.8) is 0 Å². The Morgan fingerprint density at radius 3 is 2.35 bits per heavy atom. The summed E-state index contributed by atoms with van der Waals surface area (Å²) in [6.45, 7) is 0.704. The minimum absolute atomic E-state index is 0.0179. The zero-order chi connectivity index (χ0) is 23.3. The van der Waals surface area contributed by atoms with Crippen LogP contribution in [-0.2, 0) is 4.79 Å². The lowest BCUT2D eigenvalue weighted by molar-refractivity contribution is -0.114. The highest BCUT2D eigenvalue weighted by Gasteiger charge is 2.36. The number of amides is 1. The first kappa shape index (κ1) is 21.7. The van der Waals surface area contributed by atoms with Crippen LogP contribution < -0.4 is 9.47 Å². The van der Waals surface area contributed by atoms with E-state index in [1.165, 1.54) is 16.8 Å². The molecule has 34 heavy (non-hydrogen) atoms. The van der Waals surface area contributed by atoms with E-state index >= 15 is 0 Å². The largest absolute Gasteiger partial charge is 0.490 e. The fraction of sp³-hybridized carbons (Fsp3) is 0.0769. The van der Waals surface area contributed by atoms with Crippen LogP contribution >= 0.6 is 11.8 Å². The summed E-state index contributed by atoms with van der Waals surface area (Å²) in [6, 6.07) is 26.5. The number of nitrogens with zero attached hydrogens (tertiary/aromatic N) is 3. The van der Waals surface area contributed by atoms with E-state index in [2.05, 4.69) is 10.1 Å². The number of hydrazone groups is 1. The molecule has 0 bridgehead atoms. The number of rotatable bonds is 7. The van der Waals surface area contributed by atoms with E-state index in [4.69, 9.17) is 14.9 Å². The molecular weight excluding hydrogens is 448 g/mol. The van der Waals surface area contributed by atoms with Crippen molar-refractivity contribution in [3.05, 3.63) is 102 Å². The molecule has 2 aliphatic rings. The first-order valence-corrected chi connectivity index (χ1v) is 11.5.